The molecule has 23 heavy (non-hydrogen) atoms. The van der Waals surface area contributed by atoms with Gasteiger partial charge in [-0.05, 0) is 49.4 Å². The highest BCUT2D eigenvalue weighted by atomic mass is 16.2. The summed E-state index contributed by atoms with van der Waals surface area (Å²) < 4.78 is 0. The van der Waals surface area contributed by atoms with Crippen molar-refractivity contribution in [1.82, 2.24) is 9.88 Å². The van der Waals surface area contributed by atoms with Crippen molar-refractivity contribution in [3.05, 3.63) is 58.4 Å². The van der Waals surface area contributed by atoms with Crippen LogP contribution in [0.4, 0.5) is 0 Å². The molecule has 1 aliphatic heterocycles. The van der Waals surface area contributed by atoms with Gasteiger partial charge in [0.1, 0.15) is 5.69 Å². The van der Waals surface area contributed by atoms with Gasteiger partial charge in [0.05, 0.1) is 11.6 Å². The van der Waals surface area contributed by atoms with E-state index >= 15 is 0 Å². The number of carbonyl (C=O) groups is 2. The Hall–Kier alpha value is -2.56. The Morgan fingerprint density at radius 3 is 2.65 bits per heavy atom. The Balaban J connectivity index is 1.86. The second-order valence-electron chi connectivity index (χ2n) is 6.17. The van der Waals surface area contributed by atoms with E-state index in [0.717, 1.165) is 19.4 Å². The van der Waals surface area contributed by atoms with Crippen molar-refractivity contribution >= 4 is 11.8 Å². The monoisotopic (exact) mass is 311 g/mol. The molecule has 2 heterocycles. The minimum absolute atomic E-state index is 0.0850. The molecule has 0 saturated carbocycles. The number of nitrogens with one attached hydrogen (secondary N) is 1. The van der Waals surface area contributed by atoms with E-state index in [1.165, 1.54) is 29.0 Å². The normalized spacial score (nSPS) is 17.5. The van der Waals surface area contributed by atoms with Gasteiger partial charge in [-0.2, -0.15) is 0 Å². The highest BCUT2D eigenvalue weighted by Gasteiger charge is 2.31. The molecule has 0 aliphatic carbocycles. The summed E-state index contributed by atoms with van der Waals surface area (Å²) in [6.07, 6.45) is 3.42. The van der Waals surface area contributed by atoms with Crippen LogP contribution in [0.5, 0.6) is 0 Å². The molecule has 1 atom stereocenters. The van der Waals surface area contributed by atoms with Gasteiger partial charge in [0.25, 0.3) is 5.91 Å². The first-order chi connectivity index (χ1) is 11.0. The summed E-state index contributed by atoms with van der Waals surface area (Å²) in [5.74, 6) is -0.620. The summed E-state index contributed by atoms with van der Waals surface area (Å²) >= 11 is 0. The maximum absolute atomic E-state index is 12.8. The minimum atomic E-state index is -0.535. The third-order valence-corrected chi connectivity index (χ3v) is 4.63. The molecule has 2 aromatic rings. The Morgan fingerprint density at radius 1 is 1.22 bits per heavy atom. The quantitative estimate of drug-likeness (QED) is 0.914. The molecule has 5 nitrogen and oxygen atoms in total. The second kappa shape index (κ2) is 5.91. The molecule has 1 aromatic heterocycles. The smallest absolute Gasteiger partial charge is 0.270 e. The molecule has 1 aromatic carbocycles. The van der Waals surface area contributed by atoms with E-state index in [9.17, 15) is 9.59 Å². The van der Waals surface area contributed by atoms with E-state index in [4.69, 9.17) is 5.73 Å². The number of amides is 2. The number of aromatic amines is 1. The van der Waals surface area contributed by atoms with Gasteiger partial charge in [0.2, 0.25) is 5.91 Å². The molecular weight excluding hydrogens is 290 g/mol. The summed E-state index contributed by atoms with van der Waals surface area (Å²) in [5.41, 5.74) is 9.64. The second-order valence-corrected chi connectivity index (χ2v) is 6.17. The number of primary amides is 1. The van der Waals surface area contributed by atoms with Crippen molar-refractivity contribution in [2.24, 2.45) is 5.73 Å². The fraction of sp³-hybridized carbons (Fsp3) is 0.333. The fourth-order valence-electron chi connectivity index (χ4n) is 3.14. The van der Waals surface area contributed by atoms with Crippen molar-refractivity contribution in [2.45, 2.75) is 32.7 Å². The number of nitrogens with two attached hydrogens (primary N) is 1. The van der Waals surface area contributed by atoms with Crippen molar-refractivity contribution in [1.29, 1.82) is 0 Å². The van der Waals surface area contributed by atoms with Crippen LogP contribution in [0.3, 0.4) is 0 Å². The van der Waals surface area contributed by atoms with E-state index in [1.807, 2.05) is 4.90 Å². The van der Waals surface area contributed by atoms with Gasteiger partial charge in [-0.3, -0.25) is 9.59 Å². The van der Waals surface area contributed by atoms with Gasteiger partial charge in [-0.1, -0.05) is 18.2 Å². The van der Waals surface area contributed by atoms with Crippen LogP contribution in [0.1, 0.15) is 56.4 Å². The molecule has 3 rings (SSSR count). The summed E-state index contributed by atoms with van der Waals surface area (Å²) in [7, 11) is 0. The van der Waals surface area contributed by atoms with Gasteiger partial charge in [0, 0.05) is 12.7 Å². The first kappa shape index (κ1) is 15.3. The maximum Gasteiger partial charge on any atom is 0.270 e. The van der Waals surface area contributed by atoms with E-state index in [0.29, 0.717) is 11.3 Å². The number of likely N-dealkylation sites (tertiary alicyclic amines) is 1. The number of hydrogen-bond donors (Lipinski definition) is 2. The summed E-state index contributed by atoms with van der Waals surface area (Å²) in [6.45, 7) is 4.90. The number of aromatic nitrogens is 1. The molecule has 3 N–H and O–H groups in total. The van der Waals surface area contributed by atoms with Gasteiger partial charge < -0.3 is 15.6 Å². The number of aryl methyl sites for hydroxylation is 2. The van der Waals surface area contributed by atoms with Crippen LogP contribution in [0.25, 0.3) is 0 Å². The molecule has 120 valence electrons. The SMILES string of the molecule is Cc1ccc(C2CCCN2C(=O)c2cc(C(N)=O)c[nH]2)cc1C. The van der Waals surface area contributed by atoms with Crippen LogP contribution >= 0.6 is 0 Å². The molecular formula is C18H21N3O2. The molecule has 0 bridgehead atoms. The lowest BCUT2D eigenvalue weighted by molar-refractivity contribution is 0.0730. The first-order valence-corrected chi connectivity index (χ1v) is 7.83. The van der Waals surface area contributed by atoms with Crippen molar-refractivity contribution in [3.8, 4) is 0 Å². The lowest BCUT2D eigenvalue weighted by Gasteiger charge is -2.25. The Bertz CT molecular complexity index is 763. The summed E-state index contributed by atoms with van der Waals surface area (Å²) in [6, 6.07) is 7.98. The molecule has 1 aliphatic rings. The van der Waals surface area contributed by atoms with Gasteiger partial charge in [-0.25, -0.2) is 0 Å². The zero-order valence-electron chi connectivity index (χ0n) is 13.4. The zero-order chi connectivity index (χ0) is 16.6. The summed E-state index contributed by atoms with van der Waals surface area (Å²) in [5, 5.41) is 0. The average Bonchev–Trinajstić information content (AvgIpc) is 3.18. The Labute approximate surface area is 135 Å². The van der Waals surface area contributed by atoms with Crippen molar-refractivity contribution in [2.75, 3.05) is 6.54 Å². The van der Waals surface area contributed by atoms with Crippen LogP contribution in [0.15, 0.2) is 30.5 Å². The zero-order valence-corrected chi connectivity index (χ0v) is 13.4. The van der Waals surface area contributed by atoms with E-state index < -0.39 is 5.91 Å². The first-order valence-electron chi connectivity index (χ1n) is 7.83. The predicted molar refractivity (Wildman–Crippen MR) is 88.2 cm³/mol. The highest BCUT2D eigenvalue weighted by Crippen LogP contribution is 2.33. The lowest BCUT2D eigenvalue weighted by atomic mass is 9.99. The molecule has 1 fully saturated rings. The van der Waals surface area contributed by atoms with Crippen LogP contribution < -0.4 is 5.73 Å². The predicted octanol–water partition coefficient (Wildman–Crippen LogP) is 2.71. The standard InChI is InChI=1S/C18H21N3O2/c1-11-5-6-13(8-12(11)2)16-4-3-7-21(16)18(23)15-9-14(10-20-15)17(19)22/h5-6,8-10,16,20H,3-4,7H2,1-2H3,(H2,19,22). The number of benzene rings is 1. The number of nitrogens with zero attached hydrogens (tertiary/aromatic N) is 1. The van der Waals surface area contributed by atoms with E-state index in [2.05, 4.69) is 37.0 Å². The maximum atomic E-state index is 12.8. The van der Waals surface area contributed by atoms with Crippen LogP contribution in [0.2, 0.25) is 0 Å². The van der Waals surface area contributed by atoms with Gasteiger partial charge in [-0.15, -0.1) is 0 Å². The van der Waals surface area contributed by atoms with Gasteiger partial charge >= 0.3 is 0 Å². The third-order valence-electron chi connectivity index (χ3n) is 4.63. The van der Waals surface area contributed by atoms with E-state index in [1.54, 1.807) is 0 Å². The fourth-order valence-corrected chi connectivity index (χ4v) is 3.14. The molecule has 5 heteroatoms. The van der Waals surface area contributed by atoms with Gasteiger partial charge in [0.15, 0.2) is 0 Å². The number of H-pyrrole nitrogens is 1. The van der Waals surface area contributed by atoms with Crippen LogP contribution in [-0.2, 0) is 0 Å². The number of carbonyl (C=O) groups excluding carboxylic acids is 2. The topological polar surface area (TPSA) is 79.2 Å². The van der Waals surface area contributed by atoms with Crippen LogP contribution in [0, 0.1) is 13.8 Å². The molecule has 2 amide bonds. The third kappa shape index (κ3) is 2.86. The lowest BCUT2D eigenvalue weighted by Crippen LogP contribution is -2.30. The van der Waals surface area contributed by atoms with Crippen molar-refractivity contribution < 1.29 is 9.59 Å². The minimum Gasteiger partial charge on any atom is -0.366 e. The largest absolute Gasteiger partial charge is 0.366 e. The number of rotatable bonds is 3. The molecule has 1 saturated heterocycles. The summed E-state index contributed by atoms with van der Waals surface area (Å²) in [4.78, 5) is 28.7. The molecule has 1 unspecified atom stereocenters. The van der Waals surface area contributed by atoms with E-state index in [-0.39, 0.29) is 11.9 Å². The Kier molecular flexibility index (Phi) is 3.94. The Morgan fingerprint density at radius 2 is 2.00 bits per heavy atom. The van der Waals surface area contributed by atoms with Crippen LogP contribution in [-0.4, -0.2) is 28.2 Å². The molecule has 0 radical (unpaired) electrons. The molecule has 0 spiro atoms. The highest BCUT2D eigenvalue weighted by molar-refractivity contribution is 5.98. The average molecular weight is 311 g/mol. The number of hydrogen-bond acceptors (Lipinski definition) is 2. The van der Waals surface area contributed by atoms with Crippen molar-refractivity contribution in [3.63, 3.8) is 0 Å².